The molecule has 2 aromatic carbocycles. The maximum atomic E-state index is 12.5. The van der Waals surface area contributed by atoms with Crippen LogP contribution in [0.2, 0.25) is 5.02 Å². The van der Waals surface area contributed by atoms with Crippen LogP contribution in [0.25, 0.3) is 6.08 Å². The van der Waals surface area contributed by atoms with E-state index < -0.39 is 0 Å². The van der Waals surface area contributed by atoms with Gasteiger partial charge in [-0.1, -0.05) is 29.8 Å². The molecule has 0 saturated carbocycles. The van der Waals surface area contributed by atoms with Crippen LogP contribution in [0.4, 0.5) is 4.79 Å². The van der Waals surface area contributed by atoms with Gasteiger partial charge in [0.2, 0.25) is 0 Å². The van der Waals surface area contributed by atoms with Crippen molar-refractivity contribution in [3.63, 3.8) is 0 Å². The molecule has 0 atom stereocenters. The molecule has 7 nitrogen and oxygen atoms in total. The van der Waals surface area contributed by atoms with E-state index in [0.717, 1.165) is 22.2 Å². The number of nitrogens with one attached hydrogen (secondary N) is 1. The number of carbonyl (C=O) groups is 3. The summed E-state index contributed by atoms with van der Waals surface area (Å²) >= 11 is 6.73. The topological polar surface area (TPSA) is 84.9 Å². The Balaban J connectivity index is 1.48. The molecule has 1 aliphatic rings. The Morgan fingerprint density at radius 3 is 2.63 bits per heavy atom. The molecule has 30 heavy (non-hydrogen) atoms. The van der Waals surface area contributed by atoms with E-state index in [-0.39, 0.29) is 36.7 Å². The van der Waals surface area contributed by atoms with Gasteiger partial charge in [-0.25, -0.2) is 0 Å². The highest BCUT2D eigenvalue weighted by Gasteiger charge is 2.34. The van der Waals surface area contributed by atoms with Gasteiger partial charge in [0.25, 0.3) is 17.1 Å². The number of nitrogens with zero attached hydrogens (tertiary/aromatic N) is 1. The molecular weight excluding hydrogens is 428 g/mol. The maximum Gasteiger partial charge on any atom is 0.293 e. The lowest BCUT2D eigenvalue weighted by atomic mass is 10.2. The summed E-state index contributed by atoms with van der Waals surface area (Å²) in [7, 11) is 1.57. The first kappa shape index (κ1) is 21.7. The van der Waals surface area contributed by atoms with Crippen LogP contribution >= 0.6 is 23.4 Å². The zero-order valence-corrected chi connectivity index (χ0v) is 17.7. The van der Waals surface area contributed by atoms with Gasteiger partial charge in [0, 0.05) is 18.1 Å². The second-order valence-electron chi connectivity index (χ2n) is 6.20. The van der Waals surface area contributed by atoms with Crippen LogP contribution in [-0.4, -0.2) is 48.8 Å². The van der Waals surface area contributed by atoms with Crippen molar-refractivity contribution >= 4 is 46.5 Å². The highest BCUT2D eigenvalue weighted by Crippen LogP contribution is 2.32. The summed E-state index contributed by atoms with van der Waals surface area (Å²) in [5, 5.41) is 2.77. The Labute approximate surface area is 183 Å². The van der Waals surface area contributed by atoms with Crippen LogP contribution in [0.1, 0.15) is 5.56 Å². The average Bonchev–Trinajstić information content (AvgIpc) is 3.00. The van der Waals surface area contributed by atoms with Gasteiger partial charge >= 0.3 is 0 Å². The second-order valence-corrected chi connectivity index (χ2v) is 7.63. The van der Waals surface area contributed by atoms with Gasteiger partial charge in [0.15, 0.2) is 6.61 Å². The second kappa shape index (κ2) is 10.2. The number of thioether (sulfide) groups is 1. The standard InChI is InChI=1S/C21H19ClN2O5S/c1-28-16-7-5-14(6-8-16)11-18-20(26)24(21(27)30-18)10-9-23-19(25)13-29-17-4-2-3-15(22)12-17/h2-8,11-12H,9-10,13H2,1H3,(H,23,25)/b18-11+. The predicted octanol–water partition coefficient (Wildman–Crippen LogP) is 3.58. The largest absolute Gasteiger partial charge is 0.497 e. The SMILES string of the molecule is COc1ccc(/C=C2/SC(=O)N(CCNC(=O)COc3cccc(Cl)c3)C2=O)cc1. The van der Waals surface area contributed by atoms with Gasteiger partial charge in [-0.15, -0.1) is 0 Å². The Bertz CT molecular complexity index is 978. The Morgan fingerprint density at radius 2 is 1.93 bits per heavy atom. The number of hydrogen-bond donors (Lipinski definition) is 1. The highest BCUT2D eigenvalue weighted by atomic mass is 35.5. The van der Waals surface area contributed by atoms with Crippen molar-refractivity contribution in [2.75, 3.05) is 26.8 Å². The molecule has 3 rings (SSSR count). The predicted molar refractivity (Wildman–Crippen MR) is 116 cm³/mol. The third kappa shape index (κ3) is 5.77. The van der Waals surface area contributed by atoms with Crippen LogP contribution in [0.5, 0.6) is 11.5 Å². The molecule has 1 saturated heterocycles. The van der Waals surface area contributed by atoms with E-state index in [9.17, 15) is 14.4 Å². The van der Waals surface area contributed by atoms with Crippen LogP contribution in [0, 0.1) is 0 Å². The summed E-state index contributed by atoms with van der Waals surface area (Å²) in [5.74, 6) is 0.434. The van der Waals surface area contributed by atoms with E-state index in [4.69, 9.17) is 21.1 Å². The van der Waals surface area contributed by atoms with Crippen molar-refractivity contribution in [3.8, 4) is 11.5 Å². The molecule has 3 amide bonds. The van der Waals surface area contributed by atoms with E-state index in [1.54, 1.807) is 61.7 Å². The summed E-state index contributed by atoms with van der Waals surface area (Å²) in [5.41, 5.74) is 0.785. The van der Waals surface area contributed by atoms with Crippen molar-refractivity contribution in [1.29, 1.82) is 0 Å². The Morgan fingerprint density at radius 1 is 1.17 bits per heavy atom. The minimum atomic E-state index is -0.384. The monoisotopic (exact) mass is 446 g/mol. The number of benzene rings is 2. The van der Waals surface area contributed by atoms with E-state index in [1.807, 2.05) is 0 Å². The number of hydrogen-bond acceptors (Lipinski definition) is 6. The first-order chi connectivity index (χ1) is 14.5. The lowest BCUT2D eigenvalue weighted by molar-refractivity contribution is -0.125. The maximum absolute atomic E-state index is 12.5. The molecule has 0 bridgehead atoms. The first-order valence-electron chi connectivity index (χ1n) is 9.01. The zero-order chi connectivity index (χ0) is 21.5. The summed E-state index contributed by atoms with van der Waals surface area (Å²) in [4.78, 5) is 38.0. The molecule has 0 aromatic heterocycles. The molecule has 156 valence electrons. The zero-order valence-electron chi connectivity index (χ0n) is 16.1. The fraction of sp³-hybridized carbons (Fsp3) is 0.190. The number of ether oxygens (including phenoxy) is 2. The first-order valence-corrected chi connectivity index (χ1v) is 10.2. The number of halogens is 1. The molecule has 9 heteroatoms. The Hall–Kier alpha value is -2.97. The van der Waals surface area contributed by atoms with E-state index in [0.29, 0.717) is 21.4 Å². The van der Waals surface area contributed by atoms with Crippen LogP contribution in [0.3, 0.4) is 0 Å². The van der Waals surface area contributed by atoms with Gasteiger partial charge in [0.05, 0.1) is 12.0 Å². The number of carbonyl (C=O) groups excluding carboxylic acids is 3. The van der Waals surface area contributed by atoms with Crippen molar-refractivity contribution in [2.45, 2.75) is 0 Å². The van der Waals surface area contributed by atoms with E-state index in [2.05, 4.69) is 5.32 Å². The fourth-order valence-electron chi connectivity index (χ4n) is 2.61. The quantitative estimate of drug-likeness (QED) is 0.624. The van der Waals surface area contributed by atoms with Gasteiger partial charge in [-0.05, 0) is 53.7 Å². The van der Waals surface area contributed by atoms with Gasteiger partial charge in [-0.3, -0.25) is 19.3 Å². The molecule has 0 spiro atoms. The smallest absolute Gasteiger partial charge is 0.293 e. The molecule has 1 fully saturated rings. The van der Waals surface area contributed by atoms with E-state index >= 15 is 0 Å². The molecule has 0 unspecified atom stereocenters. The van der Waals surface area contributed by atoms with Crippen molar-refractivity contribution < 1.29 is 23.9 Å². The van der Waals surface area contributed by atoms with Gasteiger partial charge in [-0.2, -0.15) is 0 Å². The van der Waals surface area contributed by atoms with Crippen LogP contribution in [-0.2, 0) is 9.59 Å². The molecule has 1 heterocycles. The lowest BCUT2D eigenvalue weighted by Crippen LogP contribution is -2.38. The molecule has 2 aromatic rings. The number of rotatable bonds is 8. The summed E-state index contributed by atoms with van der Waals surface area (Å²) in [6, 6.07) is 13.9. The summed E-state index contributed by atoms with van der Waals surface area (Å²) < 4.78 is 10.4. The normalized spacial score (nSPS) is 14.9. The van der Waals surface area contributed by atoms with Gasteiger partial charge in [0.1, 0.15) is 11.5 Å². The Kier molecular flexibility index (Phi) is 7.37. The van der Waals surface area contributed by atoms with Gasteiger partial charge < -0.3 is 14.8 Å². The number of methoxy groups -OCH3 is 1. The van der Waals surface area contributed by atoms with E-state index in [1.165, 1.54) is 0 Å². The van der Waals surface area contributed by atoms with Crippen molar-refractivity contribution in [2.24, 2.45) is 0 Å². The number of imide groups is 1. The average molecular weight is 447 g/mol. The highest BCUT2D eigenvalue weighted by molar-refractivity contribution is 8.18. The third-order valence-corrected chi connectivity index (χ3v) is 5.25. The molecule has 0 radical (unpaired) electrons. The summed E-state index contributed by atoms with van der Waals surface area (Å²) in [6.07, 6.45) is 1.65. The van der Waals surface area contributed by atoms with Crippen LogP contribution in [0.15, 0.2) is 53.4 Å². The molecule has 0 aliphatic carbocycles. The third-order valence-electron chi connectivity index (χ3n) is 4.11. The number of amides is 3. The molecule has 1 aliphatic heterocycles. The van der Waals surface area contributed by atoms with Crippen LogP contribution < -0.4 is 14.8 Å². The minimum Gasteiger partial charge on any atom is -0.497 e. The van der Waals surface area contributed by atoms with Crippen molar-refractivity contribution in [1.82, 2.24) is 10.2 Å². The fourth-order valence-corrected chi connectivity index (χ4v) is 3.65. The molecule has 1 N–H and O–H groups in total. The van der Waals surface area contributed by atoms with Crippen molar-refractivity contribution in [3.05, 3.63) is 64.0 Å². The summed E-state index contributed by atoms with van der Waals surface area (Å²) in [6.45, 7) is 0.0126. The minimum absolute atomic E-state index is 0.0769. The lowest BCUT2D eigenvalue weighted by Gasteiger charge is -2.13. The molecular formula is C21H19ClN2O5S.